The van der Waals surface area contributed by atoms with Crippen LogP contribution in [0, 0.1) is 12.8 Å². The standard InChI is InChI=1S/C24H24N4O3/c1-16-7-9-18(10-8-16)12-28-24(31)23(30)27-14-19-13-26(15-20(19)22(27)25-28)21(29)11-17-5-3-2-4-6-17/h2-10,19-20H,11-15H2,1H3/t19-,20-/m0/s1. The number of nitrogens with zero attached hydrogens (tertiary/aromatic N) is 4. The van der Waals surface area contributed by atoms with Crippen molar-refractivity contribution in [3.05, 3.63) is 97.8 Å². The molecule has 2 aliphatic heterocycles. The molecule has 31 heavy (non-hydrogen) atoms. The molecule has 0 saturated carbocycles. The number of rotatable bonds is 4. The predicted molar refractivity (Wildman–Crippen MR) is 116 cm³/mol. The van der Waals surface area contributed by atoms with Gasteiger partial charge in [-0.3, -0.25) is 19.0 Å². The Labute approximate surface area is 179 Å². The van der Waals surface area contributed by atoms with Crippen molar-refractivity contribution in [3.8, 4) is 0 Å². The van der Waals surface area contributed by atoms with E-state index in [-0.39, 0.29) is 24.3 Å². The van der Waals surface area contributed by atoms with Crippen LogP contribution in [0.2, 0.25) is 0 Å². The minimum Gasteiger partial charge on any atom is -0.341 e. The highest BCUT2D eigenvalue weighted by molar-refractivity contribution is 5.79. The second-order valence-corrected chi connectivity index (χ2v) is 8.55. The number of aromatic nitrogens is 3. The Kier molecular flexibility index (Phi) is 4.81. The lowest BCUT2D eigenvalue weighted by molar-refractivity contribution is -0.129. The average Bonchev–Trinajstić information content (AvgIpc) is 3.33. The van der Waals surface area contributed by atoms with E-state index in [9.17, 15) is 14.4 Å². The van der Waals surface area contributed by atoms with Crippen molar-refractivity contribution in [2.75, 3.05) is 13.1 Å². The molecule has 3 aromatic rings. The molecule has 5 rings (SSSR count). The topological polar surface area (TPSA) is 77.2 Å². The van der Waals surface area contributed by atoms with Crippen LogP contribution < -0.4 is 11.1 Å². The monoisotopic (exact) mass is 416 g/mol. The molecular formula is C24H24N4O3. The maximum absolute atomic E-state index is 12.8. The van der Waals surface area contributed by atoms with Crippen LogP contribution in [-0.2, 0) is 24.3 Å². The lowest BCUT2D eigenvalue weighted by atomic mass is 10.00. The molecule has 7 heteroatoms. The van der Waals surface area contributed by atoms with Crippen LogP contribution in [0.5, 0.6) is 0 Å². The first kappa shape index (κ1) is 19.5. The molecule has 0 radical (unpaired) electrons. The van der Waals surface area contributed by atoms with Crippen LogP contribution >= 0.6 is 0 Å². The Morgan fingerprint density at radius 1 is 0.935 bits per heavy atom. The highest BCUT2D eigenvalue weighted by atomic mass is 16.2. The van der Waals surface area contributed by atoms with E-state index in [1.165, 1.54) is 9.25 Å². The molecule has 1 saturated heterocycles. The summed E-state index contributed by atoms with van der Waals surface area (Å²) in [7, 11) is 0. The number of carbonyl (C=O) groups excluding carboxylic acids is 1. The highest BCUT2D eigenvalue weighted by Crippen LogP contribution is 2.37. The number of likely N-dealkylation sites (tertiary alicyclic amines) is 1. The largest absolute Gasteiger partial charge is 0.341 e. The molecule has 2 atom stereocenters. The molecule has 0 bridgehead atoms. The second kappa shape index (κ2) is 7.65. The quantitative estimate of drug-likeness (QED) is 0.605. The van der Waals surface area contributed by atoms with Crippen LogP contribution in [0.3, 0.4) is 0 Å². The molecule has 0 spiro atoms. The Balaban J connectivity index is 1.38. The van der Waals surface area contributed by atoms with Gasteiger partial charge in [0.05, 0.1) is 13.0 Å². The lowest BCUT2D eigenvalue weighted by Crippen LogP contribution is -2.44. The number of fused-ring (bicyclic) bond motifs is 3. The van der Waals surface area contributed by atoms with Gasteiger partial charge >= 0.3 is 11.1 Å². The smallest absolute Gasteiger partial charge is 0.332 e. The maximum atomic E-state index is 12.8. The first-order valence-electron chi connectivity index (χ1n) is 10.6. The van der Waals surface area contributed by atoms with E-state index in [1.54, 1.807) is 0 Å². The van der Waals surface area contributed by atoms with Crippen molar-refractivity contribution >= 4 is 5.91 Å². The van der Waals surface area contributed by atoms with Gasteiger partial charge in [0.2, 0.25) is 5.91 Å². The van der Waals surface area contributed by atoms with E-state index in [1.807, 2.05) is 66.4 Å². The molecule has 1 aromatic heterocycles. The minimum absolute atomic E-state index is 0.0164. The van der Waals surface area contributed by atoms with Gasteiger partial charge in [-0.05, 0) is 18.1 Å². The van der Waals surface area contributed by atoms with Crippen molar-refractivity contribution in [1.29, 1.82) is 0 Å². The molecule has 158 valence electrons. The fraction of sp³-hybridized carbons (Fsp3) is 0.333. The molecule has 0 aliphatic carbocycles. The summed E-state index contributed by atoms with van der Waals surface area (Å²) in [6.45, 7) is 3.83. The number of benzene rings is 2. The second-order valence-electron chi connectivity index (χ2n) is 8.55. The van der Waals surface area contributed by atoms with Crippen molar-refractivity contribution in [2.45, 2.75) is 32.4 Å². The SMILES string of the molecule is Cc1ccc(Cn2nc3n(c(=O)c2=O)C[C@@H]2CN(C(=O)Cc4ccccc4)C[C@H]32)cc1. The Bertz CT molecular complexity index is 1240. The molecule has 1 amide bonds. The zero-order valence-electron chi connectivity index (χ0n) is 17.4. The van der Waals surface area contributed by atoms with Crippen molar-refractivity contribution in [2.24, 2.45) is 5.92 Å². The van der Waals surface area contributed by atoms with E-state index in [0.717, 1.165) is 16.7 Å². The third kappa shape index (κ3) is 3.60. The van der Waals surface area contributed by atoms with Crippen LogP contribution in [0.15, 0.2) is 64.2 Å². The van der Waals surface area contributed by atoms with Crippen molar-refractivity contribution < 1.29 is 4.79 Å². The van der Waals surface area contributed by atoms with Crippen molar-refractivity contribution in [3.63, 3.8) is 0 Å². The Hall–Kier alpha value is -3.48. The summed E-state index contributed by atoms with van der Waals surface area (Å²) < 4.78 is 2.79. The van der Waals surface area contributed by atoms with Gasteiger partial charge in [-0.1, -0.05) is 60.2 Å². The normalized spacial score (nSPS) is 19.3. The zero-order chi connectivity index (χ0) is 21.5. The molecule has 7 nitrogen and oxygen atoms in total. The third-order valence-electron chi connectivity index (χ3n) is 6.36. The van der Waals surface area contributed by atoms with Crippen LogP contribution in [0.25, 0.3) is 0 Å². The summed E-state index contributed by atoms with van der Waals surface area (Å²) in [5.74, 6) is 0.811. The van der Waals surface area contributed by atoms with Gasteiger partial charge in [-0.25, -0.2) is 4.68 Å². The first-order valence-corrected chi connectivity index (χ1v) is 10.6. The minimum atomic E-state index is -0.596. The fourth-order valence-corrected chi connectivity index (χ4v) is 4.65. The summed E-state index contributed by atoms with van der Waals surface area (Å²) >= 11 is 0. The number of hydrogen-bond donors (Lipinski definition) is 0. The molecule has 0 N–H and O–H groups in total. The number of amides is 1. The van der Waals surface area contributed by atoms with Gasteiger partial charge in [0.25, 0.3) is 0 Å². The van der Waals surface area contributed by atoms with Crippen molar-refractivity contribution in [1.82, 2.24) is 19.2 Å². The van der Waals surface area contributed by atoms with Gasteiger partial charge in [0.1, 0.15) is 5.82 Å². The molecular weight excluding hydrogens is 392 g/mol. The molecule has 3 heterocycles. The van der Waals surface area contributed by atoms with E-state index in [0.29, 0.717) is 31.9 Å². The zero-order valence-corrected chi connectivity index (χ0v) is 17.4. The lowest BCUT2D eigenvalue weighted by Gasteiger charge is -2.18. The summed E-state index contributed by atoms with van der Waals surface area (Å²) in [5.41, 5.74) is 1.93. The fourth-order valence-electron chi connectivity index (χ4n) is 4.65. The maximum Gasteiger partial charge on any atom is 0.332 e. The van der Waals surface area contributed by atoms with Gasteiger partial charge in [0.15, 0.2) is 0 Å². The summed E-state index contributed by atoms with van der Waals surface area (Å²) in [6, 6.07) is 17.5. The summed E-state index contributed by atoms with van der Waals surface area (Å²) in [5, 5.41) is 4.58. The molecule has 2 aromatic carbocycles. The highest BCUT2D eigenvalue weighted by Gasteiger charge is 2.44. The van der Waals surface area contributed by atoms with Crippen LogP contribution in [0.4, 0.5) is 0 Å². The average molecular weight is 416 g/mol. The predicted octanol–water partition coefficient (Wildman–Crippen LogP) is 1.56. The van der Waals surface area contributed by atoms with Crippen LogP contribution in [-0.4, -0.2) is 38.2 Å². The third-order valence-corrected chi connectivity index (χ3v) is 6.36. The van der Waals surface area contributed by atoms with E-state index >= 15 is 0 Å². The van der Waals surface area contributed by atoms with Gasteiger partial charge in [0, 0.05) is 31.5 Å². The molecule has 1 fully saturated rings. The molecule has 0 unspecified atom stereocenters. The first-order chi connectivity index (χ1) is 15.0. The summed E-state index contributed by atoms with van der Waals surface area (Å²) in [6.07, 6.45) is 0.368. The number of carbonyl (C=O) groups is 1. The Morgan fingerprint density at radius 2 is 1.68 bits per heavy atom. The van der Waals surface area contributed by atoms with E-state index < -0.39 is 11.1 Å². The number of aryl methyl sites for hydroxylation is 1. The van der Waals surface area contributed by atoms with E-state index in [2.05, 4.69) is 5.10 Å². The Morgan fingerprint density at radius 3 is 2.42 bits per heavy atom. The van der Waals surface area contributed by atoms with Gasteiger partial charge in [-0.15, -0.1) is 0 Å². The van der Waals surface area contributed by atoms with Gasteiger partial charge < -0.3 is 4.90 Å². The van der Waals surface area contributed by atoms with E-state index in [4.69, 9.17) is 0 Å². The van der Waals surface area contributed by atoms with Crippen LogP contribution in [0.1, 0.15) is 28.4 Å². The van der Waals surface area contributed by atoms with Gasteiger partial charge in [-0.2, -0.15) is 5.10 Å². The molecule has 2 aliphatic rings. The number of hydrogen-bond acceptors (Lipinski definition) is 4. The summed E-state index contributed by atoms with van der Waals surface area (Å²) in [4.78, 5) is 40.0.